The zero-order valence-electron chi connectivity index (χ0n) is 9.47. The highest BCUT2D eigenvalue weighted by Crippen LogP contribution is 2.23. The third-order valence-corrected chi connectivity index (χ3v) is 1.98. The molecule has 0 fully saturated rings. The molecule has 0 aliphatic rings. The van der Waals surface area contributed by atoms with Gasteiger partial charge in [0.05, 0.1) is 0 Å². The molecule has 0 saturated carbocycles. The molecule has 0 radical (unpaired) electrons. The van der Waals surface area contributed by atoms with E-state index in [2.05, 4.69) is 44.4 Å². The topological polar surface area (TPSA) is 24.7 Å². The van der Waals surface area contributed by atoms with Crippen LogP contribution in [0.4, 0.5) is 0 Å². The van der Waals surface area contributed by atoms with E-state index in [0.29, 0.717) is 6.00 Å². The smallest absolute Gasteiger partial charge is 0.113 e. The third-order valence-electron chi connectivity index (χ3n) is 1.86. The molecule has 14 heavy (non-hydrogen) atoms. The molecular formula is C11H19ClN2. The minimum absolute atomic E-state index is 0.00141. The molecule has 0 bridgehead atoms. The van der Waals surface area contributed by atoms with Crippen LogP contribution in [-0.2, 0) is 0 Å². The summed E-state index contributed by atoms with van der Waals surface area (Å²) < 4.78 is 0. The molecule has 2 nitrogen and oxygen atoms in total. The zero-order valence-corrected chi connectivity index (χ0v) is 10.2. The molecule has 0 rings (SSSR count). The Morgan fingerprint density at radius 2 is 2.00 bits per heavy atom. The van der Waals surface area contributed by atoms with Crippen LogP contribution in [0.1, 0.15) is 34.1 Å². The van der Waals surface area contributed by atoms with Crippen LogP contribution in [0.15, 0.2) is 21.8 Å². The lowest BCUT2D eigenvalue weighted by molar-refractivity contribution is 0.587. The molecule has 0 unspecified atom stereocenters. The number of rotatable bonds is 4. The lowest BCUT2D eigenvalue weighted by Crippen LogP contribution is -2.22. The summed E-state index contributed by atoms with van der Waals surface area (Å²) in [6.07, 6.45) is 2.66. The maximum Gasteiger partial charge on any atom is 0.113 e. The zero-order chi connectivity index (χ0) is 11.2. The molecule has 0 amide bonds. The number of aliphatic imine (C=N–C) groups is 2. The molecule has 80 valence electrons. The molecule has 0 heterocycles. The van der Waals surface area contributed by atoms with Crippen molar-refractivity contribution in [3.05, 3.63) is 11.8 Å². The molecule has 0 atom stereocenters. The summed E-state index contributed by atoms with van der Waals surface area (Å²) in [5.41, 5.74) is 2.12. The number of halogens is 1. The van der Waals surface area contributed by atoms with Gasteiger partial charge in [0.2, 0.25) is 0 Å². The second kappa shape index (κ2) is 5.97. The predicted octanol–water partition coefficient (Wildman–Crippen LogP) is 3.66. The van der Waals surface area contributed by atoms with Crippen LogP contribution in [-0.4, -0.2) is 18.4 Å². The Labute approximate surface area is 91.8 Å². The van der Waals surface area contributed by atoms with Gasteiger partial charge in [-0.2, -0.15) is 0 Å². The first-order valence-electron chi connectivity index (χ1n) is 4.73. The standard InChI is InChI=1S/C11H19ClN2/c1-6-9(7-13-5)10(14-8-12)11(2,3)4/h7H,5-6,8H2,1-4H3/b9-7-,14-10+. The van der Waals surface area contributed by atoms with Gasteiger partial charge in [-0.05, 0) is 18.7 Å². The van der Waals surface area contributed by atoms with E-state index in [1.54, 1.807) is 6.20 Å². The number of alkyl halides is 1. The first-order chi connectivity index (χ1) is 6.47. The van der Waals surface area contributed by atoms with E-state index >= 15 is 0 Å². The van der Waals surface area contributed by atoms with E-state index in [1.165, 1.54) is 0 Å². The molecule has 0 saturated heterocycles. The van der Waals surface area contributed by atoms with Crippen LogP contribution >= 0.6 is 11.6 Å². The first-order valence-corrected chi connectivity index (χ1v) is 5.27. The minimum Gasteiger partial charge on any atom is -0.273 e. The van der Waals surface area contributed by atoms with Gasteiger partial charge in [-0.25, -0.2) is 0 Å². The maximum atomic E-state index is 5.64. The second-order valence-electron chi connectivity index (χ2n) is 4.07. The Balaban J connectivity index is 5.10. The number of hydrogen-bond acceptors (Lipinski definition) is 2. The van der Waals surface area contributed by atoms with Crippen LogP contribution in [0.5, 0.6) is 0 Å². The highest BCUT2D eigenvalue weighted by molar-refractivity contribution is 6.19. The van der Waals surface area contributed by atoms with Crippen molar-refractivity contribution in [2.45, 2.75) is 34.1 Å². The quantitative estimate of drug-likeness (QED) is 0.388. The van der Waals surface area contributed by atoms with E-state index in [-0.39, 0.29) is 5.41 Å². The Morgan fingerprint density at radius 1 is 1.43 bits per heavy atom. The summed E-state index contributed by atoms with van der Waals surface area (Å²) in [7, 11) is 0. The summed E-state index contributed by atoms with van der Waals surface area (Å²) in [5.74, 6) is 0. The Kier molecular flexibility index (Phi) is 5.70. The summed E-state index contributed by atoms with van der Waals surface area (Å²) in [5, 5.41) is 0. The number of nitrogens with zero attached hydrogens (tertiary/aromatic N) is 2. The molecule has 0 spiro atoms. The van der Waals surface area contributed by atoms with Crippen molar-refractivity contribution in [3.63, 3.8) is 0 Å². The van der Waals surface area contributed by atoms with E-state index < -0.39 is 0 Å². The van der Waals surface area contributed by atoms with Crippen LogP contribution < -0.4 is 0 Å². The second-order valence-corrected chi connectivity index (χ2v) is 4.31. The lowest BCUT2D eigenvalue weighted by atomic mass is 9.84. The lowest BCUT2D eigenvalue weighted by Gasteiger charge is -2.23. The van der Waals surface area contributed by atoms with Crippen LogP contribution in [0.25, 0.3) is 0 Å². The van der Waals surface area contributed by atoms with Crippen molar-refractivity contribution < 1.29 is 0 Å². The summed E-state index contributed by atoms with van der Waals surface area (Å²) in [6, 6.07) is 0.293. The van der Waals surface area contributed by atoms with Gasteiger partial charge in [-0.15, -0.1) is 11.6 Å². The molecule has 0 aromatic rings. The van der Waals surface area contributed by atoms with E-state index in [4.69, 9.17) is 11.6 Å². The van der Waals surface area contributed by atoms with Crippen LogP contribution in [0, 0.1) is 5.41 Å². The van der Waals surface area contributed by atoms with Crippen molar-refractivity contribution in [2.75, 3.05) is 6.00 Å². The van der Waals surface area contributed by atoms with Crippen LogP contribution in [0.2, 0.25) is 0 Å². The average molecular weight is 215 g/mol. The molecule has 0 aromatic carbocycles. The van der Waals surface area contributed by atoms with Gasteiger partial charge >= 0.3 is 0 Å². The van der Waals surface area contributed by atoms with Crippen molar-refractivity contribution in [2.24, 2.45) is 15.4 Å². The minimum atomic E-state index is 0.00141. The van der Waals surface area contributed by atoms with Gasteiger partial charge < -0.3 is 0 Å². The fourth-order valence-corrected chi connectivity index (χ4v) is 1.43. The van der Waals surface area contributed by atoms with Crippen molar-refractivity contribution >= 4 is 24.0 Å². The Morgan fingerprint density at radius 3 is 2.29 bits per heavy atom. The number of allylic oxidation sites excluding steroid dienone is 1. The number of hydrogen-bond donors (Lipinski definition) is 0. The normalized spacial score (nSPS) is 14.4. The predicted molar refractivity (Wildman–Crippen MR) is 65.5 cm³/mol. The van der Waals surface area contributed by atoms with E-state index in [9.17, 15) is 0 Å². The average Bonchev–Trinajstić information content (AvgIpc) is 2.09. The molecule has 0 aliphatic heterocycles. The Hall–Kier alpha value is -0.630. The summed E-state index contributed by atoms with van der Waals surface area (Å²) in [4.78, 5) is 8.10. The van der Waals surface area contributed by atoms with Gasteiger partial charge in [0, 0.05) is 17.3 Å². The first kappa shape index (κ1) is 13.4. The van der Waals surface area contributed by atoms with Gasteiger partial charge in [-0.1, -0.05) is 27.7 Å². The maximum absolute atomic E-state index is 5.64. The van der Waals surface area contributed by atoms with Crippen molar-refractivity contribution in [3.8, 4) is 0 Å². The largest absolute Gasteiger partial charge is 0.273 e. The summed E-state index contributed by atoms with van der Waals surface area (Å²) >= 11 is 5.64. The molecule has 3 heteroatoms. The highest BCUT2D eigenvalue weighted by Gasteiger charge is 2.21. The SMILES string of the molecule is C=N/C=C(CC)\C(=N/CCl)C(C)(C)C. The van der Waals surface area contributed by atoms with Gasteiger partial charge in [0.1, 0.15) is 6.00 Å². The third kappa shape index (κ3) is 4.05. The van der Waals surface area contributed by atoms with Gasteiger partial charge in [0.25, 0.3) is 0 Å². The van der Waals surface area contributed by atoms with Gasteiger partial charge in [0.15, 0.2) is 0 Å². The monoisotopic (exact) mass is 214 g/mol. The Bertz CT molecular complexity index is 247. The highest BCUT2D eigenvalue weighted by atomic mass is 35.5. The fraction of sp³-hybridized carbons (Fsp3) is 0.636. The molecular weight excluding hydrogens is 196 g/mol. The van der Waals surface area contributed by atoms with Crippen molar-refractivity contribution in [1.29, 1.82) is 0 Å². The molecule has 0 aliphatic carbocycles. The van der Waals surface area contributed by atoms with Crippen LogP contribution in [0.3, 0.4) is 0 Å². The molecule has 0 aromatic heterocycles. The summed E-state index contributed by atoms with van der Waals surface area (Å²) in [6.45, 7) is 11.9. The fourth-order valence-electron chi connectivity index (χ4n) is 1.31. The van der Waals surface area contributed by atoms with E-state index in [1.807, 2.05) is 0 Å². The molecule has 0 N–H and O–H groups in total. The van der Waals surface area contributed by atoms with E-state index in [0.717, 1.165) is 17.7 Å². The van der Waals surface area contributed by atoms with Crippen molar-refractivity contribution in [1.82, 2.24) is 0 Å². The van der Waals surface area contributed by atoms with Gasteiger partial charge in [-0.3, -0.25) is 9.98 Å².